The molecule has 0 saturated heterocycles. The first-order chi connectivity index (χ1) is 18.5. The van der Waals surface area contributed by atoms with E-state index < -0.39 is 23.1 Å². The smallest absolute Gasteiger partial charge is 0.368 e. The summed E-state index contributed by atoms with van der Waals surface area (Å²) in [5.41, 5.74) is -0.678. The van der Waals surface area contributed by atoms with Crippen molar-refractivity contribution in [3.63, 3.8) is 0 Å². The number of rotatable bonds is 7. The third kappa shape index (κ3) is 5.02. The topological polar surface area (TPSA) is 139 Å². The lowest BCUT2D eigenvalue weighted by Crippen LogP contribution is -2.40. The third-order valence-electron chi connectivity index (χ3n) is 6.02. The van der Waals surface area contributed by atoms with Gasteiger partial charge in [0.05, 0.1) is 18.6 Å². The van der Waals surface area contributed by atoms with Crippen LogP contribution in [-0.4, -0.2) is 45.3 Å². The number of alkyl halides is 3. The minimum atomic E-state index is -4.53. The highest BCUT2D eigenvalue weighted by molar-refractivity contribution is 5.70. The van der Waals surface area contributed by atoms with E-state index in [1.54, 1.807) is 29.7 Å². The molecule has 0 amide bonds. The second-order valence-corrected chi connectivity index (χ2v) is 8.79. The van der Waals surface area contributed by atoms with Gasteiger partial charge in [-0.3, -0.25) is 18.9 Å². The van der Waals surface area contributed by atoms with Crippen molar-refractivity contribution in [1.29, 1.82) is 0 Å². The lowest BCUT2D eigenvalue weighted by Gasteiger charge is -2.12. The van der Waals surface area contributed by atoms with Gasteiger partial charge in [0.1, 0.15) is 11.5 Å². The molecule has 0 atom stereocenters. The first-order valence-corrected chi connectivity index (χ1v) is 11.7. The Morgan fingerprint density at radius 3 is 2.59 bits per heavy atom. The predicted molar refractivity (Wildman–Crippen MR) is 133 cm³/mol. The molecule has 39 heavy (non-hydrogen) atoms. The summed E-state index contributed by atoms with van der Waals surface area (Å²) in [6, 6.07) is 6.50. The zero-order chi connectivity index (χ0) is 27.9. The van der Waals surface area contributed by atoms with Crippen LogP contribution < -0.4 is 16.6 Å². The third-order valence-corrected chi connectivity index (χ3v) is 6.02. The van der Waals surface area contributed by atoms with E-state index in [9.17, 15) is 22.8 Å². The van der Waals surface area contributed by atoms with Gasteiger partial charge in [0.15, 0.2) is 17.0 Å². The lowest BCUT2D eigenvalue weighted by atomic mass is 10.1. The van der Waals surface area contributed by atoms with Crippen LogP contribution in [0.1, 0.15) is 23.0 Å². The Bertz CT molecular complexity index is 1800. The Hall–Kier alpha value is -4.82. The minimum absolute atomic E-state index is 0.00155. The predicted octanol–water partition coefficient (Wildman–Crippen LogP) is 2.53. The summed E-state index contributed by atoms with van der Waals surface area (Å²) in [4.78, 5) is 42.3. The van der Waals surface area contributed by atoms with Gasteiger partial charge in [-0.05, 0) is 30.7 Å². The summed E-state index contributed by atoms with van der Waals surface area (Å²) in [5, 5.41) is 6.90. The Labute approximate surface area is 217 Å². The largest absolute Gasteiger partial charge is 0.433 e. The van der Waals surface area contributed by atoms with E-state index in [0.717, 1.165) is 10.8 Å². The minimum Gasteiger partial charge on any atom is -0.368 e. The molecule has 0 fully saturated rings. The normalized spacial score (nSPS) is 11.8. The molecule has 0 aliphatic heterocycles. The quantitative estimate of drug-likeness (QED) is 0.329. The molecule has 0 bridgehead atoms. The fraction of sp³-hybridized carbons (Fsp3) is 0.292. The van der Waals surface area contributed by atoms with E-state index in [2.05, 4.69) is 30.4 Å². The van der Waals surface area contributed by atoms with Crippen molar-refractivity contribution in [2.45, 2.75) is 33.1 Å². The molecule has 0 radical (unpaired) electrons. The molecule has 0 aliphatic rings. The van der Waals surface area contributed by atoms with Crippen LogP contribution in [0.4, 0.5) is 19.0 Å². The van der Waals surface area contributed by atoms with Crippen LogP contribution in [0, 0.1) is 13.8 Å². The number of imidazole rings is 1. The number of fused-ring (bicyclic) bond motifs is 1. The number of pyridine rings is 2. The Kier molecular flexibility index (Phi) is 6.49. The molecule has 0 saturated carbocycles. The summed E-state index contributed by atoms with van der Waals surface area (Å²) in [7, 11) is 1.52. The van der Waals surface area contributed by atoms with Gasteiger partial charge >= 0.3 is 11.9 Å². The Morgan fingerprint density at radius 1 is 1.10 bits per heavy atom. The molecule has 0 unspecified atom stereocenters. The molecule has 5 heterocycles. The highest BCUT2D eigenvalue weighted by atomic mass is 19.4. The van der Waals surface area contributed by atoms with Crippen molar-refractivity contribution in [2.75, 3.05) is 11.9 Å². The van der Waals surface area contributed by atoms with E-state index in [1.165, 1.54) is 30.9 Å². The average Bonchev–Trinajstić information content (AvgIpc) is 3.51. The summed E-state index contributed by atoms with van der Waals surface area (Å²) in [6.45, 7) is 3.44. The van der Waals surface area contributed by atoms with Crippen LogP contribution in [0.5, 0.6) is 0 Å². The van der Waals surface area contributed by atoms with Crippen LogP contribution in [0.15, 0.2) is 50.9 Å². The summed E-state index contributed by atoms with van der Waals surface area (Å²) in [5.74, 6) is 0.990. The standard InChI is InChI=1S/C24H22F3N9O3/c1-13-9-15(10-29-20(13)24(25,26)27)16-5-4-6-17(32-16)28-7-8-35-12-30-21-19(35)22(37)36(23(38)34(21)3)11-18-31-14(2)39-33-18/h4-6,9-10,12H,7-8,11H2,1-3H3,(H,28,32). The Morgan fingerprint density at radius 2 is 1.90 bits per heavy atom. The molecule has 0 aliphatic carbocycles. The fourth-order valence-electron chi connectivity index (χ4n) is 4.19. The number of hydrogen-bond donors (Lipinski definition) is 1. The van der Waals surface area contributed by atoms with Gasteiger partial charge in [0, 0.05) is 38.8 Å². The highest BCUT2D eigenvalue weighted by Gasteiger charge is 2.34. The van der Waals surface area contributed by atoms with Crippen molar-refractivity contribution < 1.29 is 17.7 Å². The number of nitrogens with one attached hydrogen (secondary N) is 1. The van der Waals surface area contributed by atoms with Crippen LogP contribution in [0.2, 0.25) is 0 Å². The maximum absolute atomic E-state index is 13.2. The van der Waals surface area contributed by atoms with Crippen molar-refractivity contribution in [3.05, 3.63) is 80.6 Å². The molecule has 12 nitrogen and oxygen atoms in total. The number of aryl methyl sites for hydroxylation is 3. The molecular weight excluding hydrogens is 519 g/mol. The number of nitrogens with zero attached hydrogens (tertiary/aromatic N) is 8. The van der Waals surface area contributed by atoms with Crippen LogP contribution in [0.25, 0.3) is 22.4 Å². The van der Waals surface area contributed by atoms with Gasteiger partial charge in [-0.15, -0.1) is 0 Å². The number of aromatic nitrogens is 8. The van der Waals surface area contributed by atoms with Crippen LogP contribution >= 0.6 is 0 Å². The summed E-state index contributed by atoms with van der Waals surface area (Å²) >= 11 is 0. The van der Waals surface area contributed by atoms with E-state index in [1.807, 2.05) is 0 Å². The van der Waals surface area contributed by atoms with Gasteiger partial charge in [0.25, 0.3) is 5.56 Å². The monoisotopic (exact) mass is 541 g/mol. The summed E-state index contributed by atoms with van der Waals surface area (Å²) in [6.07, 6.45) is -1.92. The molecule has 5 aromatic rings. The van der Waals surface area contributed by atoms with E-state index in [0.29, 0.717) is 36.1 Å². The molecule has 202 valence electrons. The SMILES string of the molecule is Cc1nc(Cn2c(=O)c3c(ncn3CCNc3cccc(-c4cnc(C(F)(F)F)c(C)c4)n3)n(C)c2=O)no1. The van der Waals surface area contributed by atoms with Gasteiger partial charge in [-0.2, -0.15) is 18.2 Å². The van der Waals surface area contributed by atoms with Crippen molar-refractivity contribution in [3.8, 4) is 11.3 Å². The molecule has 5 rings (SSSR count). The van der Waals surface area contributed by atoms with Crippen LogP contribution in [-0.2, 0) is 26.3 Å². The average molecular weight is 541 g/mol. The fourth-order valence-corrected chi connectivity index (χ4v) is 4.19. The second kappa shape index (κ2) is 9.81. The molecule has 5 aromatic heterocycles. The lowest BCUT2D eigenvalue weighted by molar-refractivity contribution is -0.141. The second-order valence-electron chi connectivity index (χ2n) is 8.79. The van der Waals surface area contributed by atoms with Crippen molar-refractivity contribution >= 4 is 17.0 Å². The van der Waals surface area contributed by atoms with Gasteiger partial charge < -0.3 is 14.4 Å². The highest BCUT2D eigenvalue weighted by Crippen LogP contribution is 2.31. The maximum Gasteiger partial charge on any atom is 0.433 e. The van der Waals surface area contributed by atoms with E-state index in [-0.39, 0.29) is 29.1 Å². The van der Waals surface area contributed by atoms with Crippen molar-refractivity contribution in [1.82, 2.24) is 38.8 Å². The maximum atomic E-state index is 13.2. The zero-order valence-electron chi connectivity index (χ0n) is 21.0. The number of hydrogen-bond acceptors (Lipinski definition) is 9. The van der Waals surface area contributed by atoms with Crippen LogP contribution in [0.3, 0.4) is 0 Å². The zero-order valence-corrected chi connectivity index (χ0v) is 21.0. The molecule has 0 spiro atoms. The number of halogens is 3. The Balaban J connectivity index is 1.35. The first kappa shape index (κ1) is 25.8. The molecule has 15 heteroatoms. The number of anilines is 1. The van der Waals surface area contributed by atoms with Gasteiger partial charge in [0.2, 0.25) is 5.89 Å². The molecule has 0 aromatic carbocycles. The first-order valence-electron chi connectivity index (χ1n) is 11.7. The van der Waals surface area contributed by atoms with E-state index in [4.69, 9.17) is 4.52 Å². The van der Waals surface area contributed by atoms with Gasteiger partial charge in [-0.25, -0.2) is 14.8 Å². The van der Waals surface area contributed by atoms with E-state index >= 15 is 0 Å². The molecular formula is C24H22F3N9O3. The summed E-state index contributed by atoms with van der Waals surface area (Å²) < 4.78 is 48.0. The van der Waals surface area contributed by atoms with Crippen molar-refractivity contribution in [2.24, 2.45) is 7.05 Å². The van der Waals surface area contributed by atoms with Gasteiger partial charge in [-0.1, -0.05) is 11.2 Å². The molecule has 1 N–H and O–H groups in total.